The highest BCUT2D eigenvalue weighted by Crippen LogP contribution is 2.31. The molecule has 4 rings (SSSR count). The standard InChI is InChI=1S/C25H19ClN2O5/c1-32-18-12-11-17(22(14-18)33-15-16-7-3-2-4-8-16)13-19-23(29)27-25(31)28(24(19)30)21-10-6-5-9-20(21)26/h2-14H,15H2,1H3,(H,27,29,31)/b19-13+. The van der Waals surface area contributed by atoms with Crippen molar-refractivity contribution in [3.05, 3.63) is 94.5 Å². The number of benzene rings is 3. The van der Waals surface area contributed by atoms with Gasteiger partial charge in [0.05, 0.1) is 17.8 Å². The van der Waals surface area contributed by atoms with Crippen molar-refractivity contribution in [2.75, 3.05) is 12.0 Å². The molecule has 3 aromatic rings. The number of urea groups is 1. The summed E-state index contributed by atoms with van der Waals surface area (Å²) in [4.78, 5) is 39.0. The molecule has 4 amide bonds. The summed E-state index contributed by atoms with van der Waals surface area (Å²) in [6.07, 6.45) is 1.38. The van der Waals surface area contributed by atoms with Crippen molar-refractivity contribution in [1.29, 1.82) is 0 Å². The van der Waals surface area contributed by atoms with Gasteiger partial charge in [-0.1, -0.05) is 54.1 Å². The molecule has 33 heavy (non-hydrogen) atoms. The number of nitrogens with one attached hydrogen (secondary N) is 1. The molecular weight excluding hydrogens is 444 g/mol. The number of halogens is 1. The highest BCUT2D eigenvalue weighted by molar-refractivity contribution is 6.42. The van der Waals surface area contributed by atoms with Crippen molar-refractivity contribution in [2.24, 2.45) is 0 Å². The lowest BCUT2D eigenvalue weighted by Crippen LogP contribution is -2.54. The van der Waals surface area contributed by atoms with Gasteiger partial charge in [0.25, 0.3) is 11.8 Å². The zero-order valence-electron chi connectivity index (χ0n) is 17.6. The van der Waals surface area contributed by atoms with E-state index in [-0.39, 0.29) is 22.9 Å². The molecular formula is C25H19ClN2O5. The Morgan fingerprint density at radius 3 is 2.42 bits per heavy atom. The molecule has 0 atom stereocenters. The molecule has 0 bridgehead atoms. The Bertz CT molecular complexity index is 1260. The van der Waals surface area contributed by atoms with Gasteiger partial charge in [0.2, 0.25) is 0 Å². The molecule has 0 unspecified atom stereocenters. The van der Waals surface area contributed by atoms with Gasteiger partial charge in [-0.05, 0) is 35.9 Å². The van der Waals surface area contributed by atoms with E-state index in [9.17, 15) is 14.4 Å². The summed E-state index contributed by atoms with van der Waals surface area (Å²) < 4.78 is 11.2. The van der Waals surface area contributed by atoms with Crippen LogP contribution in [0.15, 0.2) is 78.4 Å². The van der Waals surface area contributed by atoms with E-state index < -0.39 is 17.8 Å². The number of methoxy groups -OCH3 is 1. The molecule has 1 heterocycles. The Kier molecular flexibility index (Phi) is 6.42. The summed E-state index contributed by atoms with van der Waals surface area (Å²) >= 11 is 6.18. The molecule has 3 aromatic carbocycles. The lowest BCUT2D eigenvalue weighted by molar-refractivity contribution is -0.122. The summed E-state index contributed by atoms with van der Waals surface area (Å²) in [6.45, 7) is 0.272. The van der Waals surface area contributed by atoms with Crippen LogP contribution >= 0.6 is 11.6 Å². The molecule has 0 spiro atoms. The quantitative estimate of drug-likeness (QED) is 0.427. The smallest absolute Gasteiger partial charge is 0.335 e. The highest BCUT2D eigenvalue weighted by atomic mass is 35.5. The first kappa shape index (κ1) is 22.1. The van der Waals surface area contributed by atoms with Crippen molar-refractivity contribution in [3.63, 3.8) is 0 Å². The Morgan fingerprint density at radius 2 is 1.70 bits per heavy atom. The van der Waals surface area contributed by atoms with Crippen molar-refractivity contribution < 1.29 is 23.9 Å². The summed E-state index contributed by atoms with van der Waals surface area (Å²) in [6, 6.07) is 20.1. The van der Waals surface area contributed by atoms with Crippen molar-refractivity contribution in [1.82, 2.24) is 5.32 Å². The molecule has 166 valence electrons. The SMILES string of the molecule is COc1ccc(/C=C2\C(=O)NC(=O)N(c3ccccc3Cl)C2=O)c(OCc2ccccc2)c1. The fourth-order valence-corrected chi connectivity index (χ4v) is 3.51. The number of amides is 4. The molecule has 7 nitrogen and oxygen atoms in total. The maximum atomic E-state index is 13.2. The number of carbonyl (C=O) groups is 3. The van der Waals surface area contributed by atoms with E-state index in [4.69, 9.17) is 21.1 Å². The van der Waals surface area contributed by atoms with E-state index in [1.807, 2.05) is 30.3 Å². The first-order valence-electron chi connectivity index (χ1n) is 9.98. The van der Waals surface area contributed by atoms with Crippen LogP contribution in [0.1, 0.15) is 11.1 Å². The van der Waals surface area contributed by atoms with Crippen LogP contribution in [0.5, 0.6) is 11.5 Å². The van der Waals surface area contributed by atoms with Gasteiger partial charge in [-0.2, -0.15) is 0 Å². The minimum Gasteiger partial charge on any atom is -0.497 e. The van der Waals surface area contributed by atoms with Crippen LogP contribution in [0.2, 0.25) is 5.02 Å². The highest BCUT2D eigenvalue weighted by Gasteiger charge is 2.37. The number of hydrogen-bond acceptors (Lipinski definition) is 5. The minimum absolute atomic E-state index is 0.176. The summed E-state index contributed by atoms with van der Waals surface area (Å²) in [5, 5.41) is 2.39. The second kappa shape index (κ2) is 9.58. The van der Waals surface area contributed by atoms with Crippen LogP contribution in [0.3, 0.4) is 0 Å². The Balaban J connectivity index is 1.70. The van der Waals surface area contributed by atoms with E-state index >= 15 is 0 Å². The summed E-state index contributed by atoms with van der Waals surface area (Å²) in [7, 11) is 1.53. The molecule has 8 heteroatoms. The number of barbiturate groups is 1. The fourth-order valence-electron chi connectivity index (χ4n) is 3.29. The third kappa shape index (κ3) is 4.73. The second-order valence-electron chi connectivity index (χ2n) is 7.09. The maximum Gasteiger partial charge on any atom is 0.335 e. The van der Waals surface area contributed by atoms with Gasteiger partial charge in [-0.3, -0.25) is 14.9 Å². The first-order valence-corrected chi connectivity index (χ1v) is 10.4. The Labute approximate surface area is 195 Å². The van der Waals surface area contributed by atoms with Gasteiger partial charge in [0, 0.05) is 11.6 Å². The third-order valence-electron chi connectivity index (χ3n) is 4.95. The Hall–Kier alpha value is -4.10. The van der Waals surface area contributed by atoms with Gasteiger partial charge in [-0.15, -0.1) is 0 Å². The predicted octanol–water partition coefficient (Wildman–Crippen LogP) is 4.59. The van der Waals surface area contributed by atoms with Gasteiger partial charge in [0.15, 0.2) is 0 Å². The van der Waals surface area contributed by atoms with E-state index in [1.54, 1.807) is 36.4 Å². The topological polar surface area (TPSA) is 84.9 Å². The van der Waals surface area contributed by atoms with Crippen molar-refractivity contribution >= 4 is 41.2 Å². The molecule has 1 N–H and O–H groups in total. The van der Waals surface area contributed by atoms with E-state index in [1.165, 1.54) is 19.3 Å². The number of para-hydroxylation sites is 1. The van der Waals surface area contributed by atoms with E-state index in [0.717, 1.165) is 10.5 Å². The molecule has 1 aliphatic heterocycles. The maximum absolute atomic E-state index is 13.2. The van der Waals surface area contributed by atoms with Crippen LogP contribution in [0, 0.1) is 0 Å². The van der Waals surface area contributed by atoms with Gasteiger partial charge >= 0.3 is 6.03 Å². The van der Waals surface area contributed by atoms with E-state index in [0.29, 0.717) is 17.1 Å². The zero-order chi connectivity index (χ0) is 23.4. The summed E-state index contributed by atoms with van der Waals surface area (Å²) in [5.74, 6) is -0.639. The zero-order valence-corrected chi connectivity index (χ0v) is 18.3. The largest absolute Gasteiger partial charge is 0.497 e. The number of imide groups is 2. The summed E-state index contributed by atoms with van der Waals surface area (Å²) in [5.41, 5.74) is 1.36. The van der Waals surface area contributed by atoms with Gasteiger partial charge in [-0.25, -0.2) is 9.69 Å². The molecule has 0 aliphatic carbocycles. The average Bonchev–Trinajstić information content (AvgIpc) is 2.82. The lowest BCUT2D eigenvalue weighted by atomic mass is 10.1. The van der Waals surface area contributed by atoms with Crippen molar-refractivity contribution in [3.8, 4) is 11.5 Å². The average molecular weight is 463 g/mol. The number of carbonyl (C=O) groups excluding carboxylic acids is 3. The number of rotatable bonds is 6. The number of ether oxygens (including phenoxy) is 2. The van der Waals surface area contributed by atoms with Gasteiger partial charge in [0.1, 0.15) is 23.7 Å². The molecule has 0 aromatic heterocycles. The third-order valence-corrected chi connectivity index (χ3v) is 5.27. The van der Waals surface area contributed by atoms with Gasteiger partial charge < -0.3 is 9.47 Å². The fraction of sp³-hybridized carbons (Fsp3) is 0.0800. The minimum atomic E-state index is -0.870. The molecule has 0 radical (unpaired) electrons. The van der Waals surface area contributed by atoms with Crippen LogP contribution in [0.4, 0.5) is 10.5 Å². The normalized spacial score (nSPS) is 14.9. The first-order chi connectivity index (χ1) is 16.0. The molecule has 1 aliphatic rings. The molecule has 1 saturated heterocycles. The predicted molar refractivity (Wildman–Crippen MR) is 124 cm³/mol. The number of hydrogen-bond donors (Lipinski definition) is 1. The van der Waals surface area contributed by atoms with Crippen LogP contribution in [0.25, 0.3) is 6.08 Å². The van der Waals surface area contributed by atoms with Crippen molar-refractivity contribution in [2.45, 2.75) is 6.61 Å². The van der Waals surface area contributed by atoms with Crippen LogP contribution in [-0.2, 0) is 16.2 Å². The van der Waals surface area contributed by atoms with Crippen LogP contribution < -0.4 is 19.7 Å². The monoisotopic (exact) mass is 462 g/mol. The number of anilines is 1. The molecule has 1 fully saturated rings. The number of nitrogens with zero attached hydrogens (tertiary/aromatic N) is 1. The van der Waals surface area contributed by atoms with E-state index in [2.05, 4.69) is 5.32 Å². The Morgan fingerprint density at radius 1 is 0.970 bits per heavy atom. The molecule has 0 saturated carbocycles. The van der Waals surface area contributed by atoms with Crippen LogP contribution in [-0.4, -0.2) is 25.0 Å². The lowest BCUT2D eigenvalue weighted by Gasteiger charge is -2.27. The second-order valence-corrected chi connectivity index (χ2v) is 7.49.